The minimum atomic E-state index is -0.996. The largest absolute Gasteiger partial charge is 0.493 e. The van der Waals surface area contributed by atoms with Crippen LogP contribution in [-0.2, 0) is 9.53 Å². The monoisotopic (exact) mass is 266 g/mol. The van der Waals surface area contributed by atoms with Crippen molar-refractivity contribution < 1.29 is 23.5 Å². The molecule has 1 fully saturated rings. The van der Waals surface area contributed by atoms with Crippen molar-refractivity contribution >= 4 is 11.8 Å². The molecule has 0 bridgehead atoms. The number of Topliss-reactive ketones (excluding diaryl/α,β-unsaturated/α-hetero) is 1. The lowest BCUT2D eigenvalue weighted by Gasteiger charge is -2.10. The highest BCUT2D eigenvalue weighted by Gasteiger charge is 2.25. The van der Waals surface area contributed by atoms with Gasteiger partial charge in [0.2, 0.25) is 0 Å². The maximum Gasteiger partial charge on any atom is 0.379 e. The molecule has 0 radical (unpaired) electrons. The average Bonchev–Trinajstić information content (AvgIpc) is 3.20. The lowest BCUT2D eigenvalue weighted by atomic mass is 10.1. The zero-order valence-corrected chi connectivity index (χ0v) is 10.6. The van der Waals surface area contributed by atoms with Crippen LogP contribution >= 0.6 is 0 Å². The number of hydrogen-bond donors (Lipinski definition) is 0. The number of esters is 1. The smallest absolute Gasteiger partial charge is 0.379 e. The summed E-state index contributed by atoms with van der Waals surface area (Å²) in [4.78, 5) is 23.3. The standard InChI is InChI=1S/C14H15FO4/c1-2-18-14(17)13(16)11-7-10(15)5-6-12(11)19-8-9-3-4-9/h5-7,9H,2-4,8H2,1H3. The number of ether oxygens (including phenoxy) is 2. The molecule has 1 aliphatic rings. The third-order valence-corrected chi connectivity index (χ3v) is 2.82. The normalized spacial score (nSPS) is 14.0. The van der Waals surface area contributed by atoms with Crippen LogP contribution in [0.4, 0.5) is 4.39 Å². The van der Waals surface area contributed by atoms with Crippen LogP contribution in [0.25, 0.3) is 0 Å². The van der Waals surface area contributed by atoms with E-state index in [1.807, 2.05) is 0 Å². The van der Waals surface area contributed by atoms with Gasteiger partial charge in [-0.1, -0.05) is 0 Å². The van der Waals surface area contributed by atoms with E-state index < -0.39 is 17.6 Å². The van der Waals surface area contributed by atoms with Crippen LogP contribution < -0.4 is 4.74 Å². The summed E-state index contributed by atoms with van der Waals surface area (Å²) in [5, 5.41) is 0. The van der Waals surface area contributed by atoms with Gasteiger partial charge >= 0.3 is 5.97 Å². The average molecular weight is 266 g/mol. The molecule has 1 saturated carbocycles. The molecular weight excluding hydrogens is 251 g/mol. The van der Waals surface area contributed by atoms with E-state index in [0.29, 0.717) is 12.5 Å². The lowest BCUT2D eigenvalue weighted by Crippen LogP contribution is -2.19. The second-order valence-corrected chi connectivity index (χ2v) is 4.44. The van der Waals surface area contributed by atoms with E-state index in [4.69, 9.17) is 4.74 Å². The number of halogens is 1. The first-order valence-electron chi connectivity index (χ1n) is 6.25. The maximum atomic E-state index is 13.2. The molecule has 1 aliphatic carbocycles. The minimum absolute atomic E-state index is 0.0842. The molecular formula is C14H15FO4. The summed E-state index contributed by atoms with van der Waals surface area (Å²) >= 11 is 0. The molecule has 4 nitrogen and oxygen atoms in total. The number of ketones is 1. The van der Waals surface area contributed by atoms with Gasteiger partial charge < -0.3 is 9.47 Å². The van der Waals surface area contributed by atoms with Crippen molar-refractivity contribution in [3.8, 4) is 5.75 Å². The van der Waals surface area contributed by atoms with Crippen molar-refractivity contribution in [3.63, 3.8) is 0 Å². The van der Waals surface area contributed by atoms with Gasteiger partial charge in [0.05, 0.1) is 18.8 Å². The third kappa shape index (κ3) is 3.53. The van der Waals surface area contributed by atoms with Crippen LogP contribution in [0.2, 0.25) is 0 Å². The first kappa shape index (κ1) is 13.5. The first-order chi connectivity index (χ1) is 9.11. The van der Waals surface area contributed by atoms with Crippen molar-refractivity contribution in [1.29, 1.82) is 0 Å². The summed E-state index contributed by atoms with van der Waals surface area (Å²) in [7, 11) is 0. The molecule has 0 aromatic heterocycles. The van der Waals surface area contributed by atoms with Gasteiger partial charge in [-0.2, -0.15) is 0 Å². The van der Waals surface area contributed by atoms with Gasteiger partial charge in [0.25, 0.3) is 5.78 Å². The van der Waals surface area contributed by atoms with E-state index in [0.717, 1.165) is 18.9 Å². The molecule has 1 aromatic carbocycles. The first-order valence-corrected chi connectivity index (χ1v) is 6.25. The fourth-order valence-electron chi connectivity index (χ4n) is 1.60. The van der Waals surface area contributed by atoms with Gasteiger partial charge in [0, 0.05) is 0 Å². The molecule has 0 N–H and O–H groups in total. The van der Waals surface area contributed by atoms with E-state index >= 15 is 0 Å². The molecule has 2 rings (SSSR count). The van der Waals surface area contributed by atoms with Crippen molar-refractivity contribution in [2.75, 3.05) is 13.2 Å². The number of benzene rings is 1. The zero-order valence-electron chi connectivity index (χ0n) is 10.6. The third-order valence-electron chi connectivity index (χ3n) is 2.82. The van der Waals surface area contributed by atoms with Gasteiger partial charge in [-0.05, 0) is 43.9 Å². The van der Waals surface area contributed by atoms with Crippen LogP contribution in [0.1, 0.15) is 30.1 Å². The lowest BCUT2D eigenvalue weighted by molar-refractivity contribution is -0.137. The Balaban J connectivity index is 2.17. The van der Waals surface area contributed by atoms with E-state index in [1.54, 1.807) is 6.92 Å². The second-order valence-electron chi connectivity index (χ2n) is 4.44. The molecule has 0 amide bonds. The highest BCUT2D eigenvalue weighted by atomic mass is 19.1. The highest BCUT2D eigenvalue weighted by molar-refractivity contribution is 6.41. The molecule has 0 heterocycles. The van der Waals surface area contributed by atoms with Crippen LogP contribution in [-0.4, -0.2) is 25.0 Å². The fourth-order valence-corrected chi connectivity index (χ4v) is 1.60. The molecule has 0 atom stereocenters. The number of carbonyl (C=O) groups is 2. The summed E-state index contributed by atoms with van der Waals surface area (Å²) in [6.07, 6.45) is 2.20. The molecule has 0 spiro atoms. The van der Waals surface area contributed by atoms with Gasteiger partial charge in [-0.25, -0.2) is 9.18 Å². The summed E-state index contributed by atoms with van der Waals surface area (Å²) in [6.45, 7) is 2.17. The van der Waals surface area contributed by atoms with Crippen LogP contribution in [0, 0.1) is 11.7 Å². The Morgan fingerprint density at radius 1 is 1.37 bits per heavy atom. The predicted octanol–water partition coefficient (Wildman–Crippen LogP) is 2.36. The Bertz CT molecular complexity index is 494. The Kier molecular flexibility index (Phi) is 4.14. The molecule has 5 heteroatoms. The Labute approximate surface area is 110 Å². The Morgan fingerprint density at radius 3 is 2.74 bits per heavy atom. The quantitative estimate of drug-likeness (QED) is 0.450. The minimum Gasteiger partial charge on any atom is -0.493 e. The summed E-state index contributed by atoms with van der Waals surface area (Å²) in [5.41, 5.74) is -0.0842. The second kappa shape index (κ2) is 5.82. The Hall–Kier alpha value is -1.91. The summed E-state index contributed by atoms with van der Waals surface area (Å²) in [6, 6.07) is 3.57. The predicted molar refractivity (Wildman–Crippen MR) is 65.6 cm³/mol. The molecule has 0 aliphatic heterocycles. The number of carbonyl (C=O) groups excluding carboxylic acids is 2. The van der Waals surface area contributed by atoms with Crippen LogP contribution in [0.15, 0.2) is 18.2 Å². The highest BCUT2D eigenvalue weighted by Crippen LogP contribution is 2.30. The molecule has 102 valence electrons. The maximum absolute atomic E-state index is 13.2. The summed E-state index contributed by atoms with van der Waals surface area (Å²) in [5.74, 6) is -1.75. The van der Waals surface area contributed by atoms with E-state index in [1.165, 1.54) is 12.1 Å². The fraction of sp³-hybridized carbons (Fsp3) is 0.429. The van der Waals surface area contributed by atoms with Gasteiger partial charge in [0.15, 0.2) is 0 Å². The van der Waals surface area contributed by atoms with Crippen molar-refractivity contribution in [3.05, 3.63) is 29.6 Å². The Morgan fingerprint density at radius 2 is 2.11 bits per heavy atom. The van der Waals surface area contributed by atoms with Crippen molar-refractivity contribution in [2.24, 2.45) is 5.92 Å². The van der Waals surface area contributed by atoms with Crippen molar-refractivity contribution in [2.45, 2.75) is 19.8 Å². The van der Waals surface area contributed by atoms with Crippen molar-refractivity contribution in [1.82, 2.24) is 0 Å². The number of rotatable bonds is 6. The molecule has 1 aromatic rings. The van der Waals surface area contributed by atoms with Gasteiger partial charge in [-0.15, -0.1) is 0 Å². The molecule has 0 saturated heterocycles. The zero-order chi connectivity index (χ0) is 13.8. The van der Waals surface area contributed by atoms with Gasteiger partial charge in [-0.3, -0.25) is 4.79 Å². The molecule has 19 heavy (non-hydrogen) atoms. The number of hydrogen-bond acceptors (Lipinski definition) is 4. The van der Waals surface area contributed by atoms with Gasteiger partial charge in [0.1, 0.15) is 11.6 Å². The SMILES string of the molecule is CCOC(=O)C(=O)c1cc(F)ccc1OCC1CC1. The topological polar surface area (TPSA) is 52.6 Å². The van der Waals surface area contributed by atoms with E-state index in [-0.39, 0.29) is 17.9 Å². The van der Waals surface area contributed by atoms with E-state index in [2.05, 4.69) is 4.74 Å². The van der Waals surface area contributed by atoms with Crippen LogP contribution in [0.3, 0.4) is 0 Å². The summed E-state index contributed by atoms with van der Waals surface area (Å²) < 4.78 is 23.3. The van der Waals surface area contributed by atoms with E-state index in [9.17, 15) is 14.0 Å². The molecule has 0 unspecified atom stereocenters. The van der Waals surface area contributed by atoms with Crippen LogP contribution in [0.5, 0.6) is 5.75 Å².